The van der Waals surface area contributed by atoms with Crippen molar-refractivity contribution in [3.63, 3.8) is 0 Å². The summed E-state index contributed by atoms with van der Waals surface area (Å²) in [4.78, 5) is 24.8. The number of hydrogen-bond acceptors (Lipinski definition) is 3. The second-order valence-corrected chi connectivity index (χ2v) is 7.61. The Morgan fingerprint density at radius 1 is 0.968 bits per heavy atom. The van der Waals surface area contributed by atoms with Gasteiger partial charge in [0.05, 0.1) is 5.69 Å². The zero-order chi connectivity index (χ0) is 21.8. The van der Waals surface area contributed by atoms with E-state index in [1.54, 1.807) is 42.1 Å². The minimum atomic E-state index is -0.240. The summed E-state index contributed by atoms with van der Waals surface area (Å²) in [5, 5.41) is 10.8. The van der Waals surface area contributed by atoms with Crippen LogP contribution in [0.25, 0.3) is 11.3 Å². The summed E-state index contributed by atoms with van der Waals surface area (Å²) < 4.78 is 1.61. The molecule has 0 spiro atoms. The number of halogens is 1. The molecule has 1 aliphatic rings. The van der Waals surface area contributed by atoms with E-state index in [4.69, 9.17) is 11.6 Å². The Morgan fingerprint density at radius 3 is 2.39 bits per heavy atom. The van der Waals surface area contributed by atoms with Gasteiger partial charge in [0.25, 0.3) is 11.8 Å². The Hall–Kier alpha value is -3.64. The first kappa shape index (κ1) is 20.6. The maximum absolute atomic E-state index is 12.5. The zero-order valence-electron chi connectivity index (χ0n) is 16.9. The highest BCUT2D eigenvalue weighted by molar-refractivity contribution is 6.30. The lowest BCUT2D eigenvalue weighted by Crippen LogP contribution is -2.14. The Labute approximate surface area is 185 Å². The van der Waals surface area contributed by atoms with E-state index in [-0.39, 0.29) is 11.8 Å². The molecule has 0 bridgehead atoms. The molecule has 0 saturated heterocycles. The van der Waals surface area contributed by atoms with Crippen LogP contribution in [0.1, 0.15) is 23.2 Å². The van der Waals surface area contributed by atoms with E-state index in [2.05, 4.69) is 15.7 Å². The van der Waals surface area contributed by atoms with Crippen molar-refractivity contribution in [1.82, 2.24) is 9.78 Å². The highest BCUT2D eigenvalue weighted by atomic mass is 35.5. The normalized spacial score (nSPS) is 12.9. The SMILES string of the molecule is Cn1nc(-c2ccc(NC(=O)C3=CCCC=C3)cc2)cc1NC(=O)c1ccc(Cl)cc1. The molecule has 4 rings (SSSR count). The number of nitrogens with zero attached hydrogens (tertiary/aromatic N) is 2. The summed E-state index contributed by atoms with van der Waals surface area (Å²) in [6.07, 6.45) is 7.65. The van der Waals surface area contributed by atoms with Crippen LogP contribution in [0.5, 0.6) is 0 Å². The molecule has 0 aliphatic heterocycles. The van der Waals surface area contributed by atoms with Gasteiger partial charge in [0.1, 0.15) is 5.82 Å². The van der Waals surface area contributed by atoms with Crippen molar-refractivity contribution in [2.24, 2.45) is 7.05 Å². The number of amides is 2. The molecule has 0 unspecified atom stereocenters. The molecule has 3 aromatic rings. The van der Waals surface area contributed by atoms with E-state index in [1.807, 2.05) is 42.5 Å². The maximum atomic E-state index is 12.5. The van der Waals surface area contributed by atoms with Crippen molar-refractivity contribution >= 4 is 34.9 Å². The molecular formula is C24H21ClN4O2. The third kappa shape index (κ3) is 4.92. The standard InChI is InChI=1S/C24H21ClN4O2/c1-29-22(27-24(31)18-7-11-19(25)12-8-18)15-21(28-29)16-9-13-20(14-10-16)26-23(30)17-5-3-2-4-6-17/h3,5-15H,2,4H2,1H3,(H,26,30)(H,27,31). The van der Waals surface area contributed by atoms with Crippen molar-refractivity contribution in [2.75, 3.05) is 10.6 Å². The molecule has 0 atom stereocenters. The number of hydrogen-bond donors (Lipinski definition) is 2. The first-order chi connectivity index (χ1) is 15.0. The third-order valence-corrected chi connectivity index (χ3v) is 5.18. The number of aryl methyl sites for hydroxylation is 1. The first-order valence-electron chi connectivity index (χ1n) is 9.89. The highest BCUT2D eigenvalue weighted by Gasteiger charge is 2.13. The van der Waals surface area contributed by atoms with E-state index < -0.39 is 0 Å². The van der Waals surface area contributed by atoms with Crippen LogP contribution in [0.4, 0.5) is 11.5 Å². The number of aromatic nitrogens is 2. The number of allylic oxidation sites excluding steroid dienone is 2. The fourth-order valence-corrected chi connectivity index (χ4v) is 3.35. The second kappa shape index (κ2) is 9.02. The molecule has 7 heteroatoms. The maximum Gasteiger partial charge on any atom is 0.256 e. The molecular weight excluding hydrogens is 412 g/mol. The van der Waals surface area contributed by atoms with Crippen molar-refractivity contribution in [1.29, 1.82) is 0 Å². The van der Waals surface area contributed by atoms with E-state index in [1.165, 1.54) is 0 Å². The number of rotatable bonds is 5. The van der Waals surface area contributed by atoms with E-state index >= 15 is 0 Å². The summed E-state index contributed by atoms with van der Waals surface area (Å²) in [5.41, 5.74) is 3.49. The number of benzene rings is 2. The van der Waals surface area contributed by atoms with Crippen LogP contribution in [0.3, 0.4) is 0 Å². The lowest BCUT2D eigenvalue weighted by molar-refractivity contribution is -0.112. The van der Waals surface area contributed by atoms with Crippen molar-refractivity contribution in [3.8, 4) is 11.3 Å². The molecule has 1 aliphatic carbocycles. The molecule has 156 valence electrons. The van der Waals surface area contributed by atoms with E-state index in [0.29, 0.717) is 33.4 Å². The summed E-state index contributed by atoms with van der Waals surface area (Å²) in [6.45, 7) is 0. The second-order valence-electron chi connectivity index (χ2n) is 7.17. The van der Waals surface area contributed by atoms with Crippen molar-refractivity contribution < 1.29 is 9.59 Å². The molecule has 1 aromatic heterocycles. The molecule has 31 heavy (non-hydrogen) atoms. The summed E-state index contributed by atoms with van der Waals surface area (Å²) in [5.74, 6) is 0.215. The number of anilines is 2. The molecule has 0 fully saturated rings. The van der Waals surface area contributed by atoms with Gasteiger partial charge in [-0.1, -0.05) is 42.0 Å². The quantitative estimate of drug-likeness (QED) is 0.581. The molecule has 6 nitrogen and oxygen atoms in total. The lowest BCUT2D eigenvalue weighted by atomic mass is 10.1. The van der Waals surface area contributed by atoms with Crippen LogP contribution in [0, 0.1) is 0 Å². The van der Waals surface area contributed by atoms with Crippen molar-refractivity contribution in [2.45, 2.75) is 12.8 Å². The fourth-order valence-electron chi connectivity index (χ4n) is 3.22. The molecule has 2 amide bonds. The predicted octanol–water partition coefficient (Wildman–Crippen LogP) is 5.21. The van der Waals surface area contributed by atoms with Gasteiger partial charge in [0, 0.05) is 40.5 Å². The van der Waals surface area contributed by atoms with Gasteiger partial charge in [-0.2, -0.15) is 5.10 Å². The minimum absolute atomic E-state index is 0.117. The first-order valence-corrected chi connectivity index (χ1v) is 10.3. The fraction of sp³-hybridized carbons (Fsp3) is 0.125. The van der Waals surface area contributed by atoms with Crippen LogP contribution in [0.2, 0.25) is 5.02 Å². The lowest BCUT2D eigenvalue weighted by Gasteiger charge is -2.08. The van der Waals surface area contributed by atoms with Crippen LogP contribution < -0.4 is 10.6 Å². The monoisotopic (exact) mass is 432 g/mol. The largest absolute Gasteiger partial charge is 0.322 e. The Morgan fingerprint density at radius 2 is 1.71 bits per heavy atom. The van der Waals surface area contributed by atoms with E-state index in [9.17, 15) is 9.59 Å². The van der Waals surface area contributed by atoms with Gasteiger partial charge in [0.2, 0.25) is 0 Å². The van der Waals surface area contributed by atoms with Gasteiger partial charge in [-0.05, 0) is 49.2 Å². The smallest absolute Gasteiger partial charge is 0.256 e. The summed E-state index contributed by atoms with van der Waals surface area (Å²) in [7, 11) is 1.76. The van der Waals surface area contributed by atoms with Crippen LogP contribution in [0.15, 0.2) is 78.4 Å². The molecule has 0 saturated carbocycles. The Balaban J connectivity index is 1.44. The van der Waals surface area contributed by atoms with E-state index in [0.717, 1.165) is 18.4 Å². The Kier molecular flexibility index (Phi) is 6.00. The van der Waals surface area contributed by atoms with Crippen LogP contribution >= 0.6 is 11.6 Å². The molecule has 2 N–H and O–H groups in total. The third-order valence-electron chi connectivity index (χ3n) is 4.92. The van der Waals surface area contributed by atoms with Gasteiger partial charge >= 0.3 is 0 Å². The number of carbonyl (C=O) groups is 2. The topological polar surface area (TPSA) is 76.0 Å². The van der Waals surface area contributed by atoms with Gasteiger partial charge in [-0.25, -0.2) is 0 Å². The van der Waals surface area contributed by atoms with Crippen molar-refractivity contribution in [3.05, 3.63) is 89.0 Å². The molecule has 0 radical (unpaired) electrons. The van der Waals surface area contributed by atoms with Gasteiger partial charge < -0.3 is 10.6 Å². The van der Waals surface area contributed by atoms with Gasteiger partial charge in [0.15, 0.2) is 0 Å². The predicted molar refractivity (Wildman–Crippen MR) is 123 cm³/mol. The average molecular weight is 433 g/mol. The highest BCUT2D eigenvalue weighted by Crippen LogP contribution is 2.24. The van der Waals surface area contributed by atoms with Gasteiger partial charge in [-0.3, -0.25) is 14.3 Å². The minimum Gasteiger partial charge on any atom is -0.322 e. The summed E-state index contributed by atoms with van der Waals surface area (Å²) in [6, 6.07) is 15.9. The molecule has 1 heterocycles. The Bertz CT molecular complexity index is 1180. The van der Waals surface area contributed by atoms with Crippen LogP contribution in [-0.4, -0.2) is 21.6 Å². The zero-order valence-corrected chi connectivity index (χ0v) is 17.7. The van der Waals surface area contributed by atoms with Crippen LogP contribution in [-0.2, 0) is 11.8 Å². The molecule has 2 aromatic carbocycles. The average Bonchev–Trinajstić information content (AvgIpc) is 3.15. The number of nitrogens with one attached hydrogen (secondary N) is 2. The number of carbonyl (C=O) groups excluding carboxylic acids is 2. The summed E-state index contributed by atoms with van der Waals surface area (Å²) >= 11 is 5.88. The van der Waals surface area contributed by atoms with Gasteiger partial charge in [-0.15, -0.1) is 0 Å².